The van der Waals surface area contributed by atoms with Gasteiger partial charge in [-0.25, -0.2) is 4.68 Å². The number of fused-ring (bicyclic) bond motifs is 1. The van der Waals surface area contributed by atoms with Gasteiger partial charge in [0.05, 0.1) is 5.39 Å². The number of hydrogen-bond acceptors (Lipinski definition) is 4. The second-order valence-corrected chi connectivity index (χ2v) is 7.63. The van der Waals surface area contributed by atoms with E-state index in [0.29, 0.717) is 35.2 Å². The summed E-state index contributed by atoms with van der Waals surface area (Å²) in [5.41, 5.74) is 6.27. The summed E-state index contributed by atoms with van der Waals surface area (Å²) in [5.74, 6) is -0.478. The van der Waals surface area contributed by atoms with Crippen LogP contribution in [0.1, 0.15) is 53.6 Å². The first kappa shape index (κ1) is 21.2. The predicted octanol–water partition coefficient (Wildman–Crippen LogP) is 3.08. The molecule has 0 aliphatic heterocycles. The van der Waals surface area contributed by atoms with E-state index in [9.17, 15) is 14.4 Å². The number of rotatable bonds is 6. The highest BCUT2D eigenvalue weighted by Crippen LogP contribution is 2.13. The Kier molecular flexibility index (Phi) is 6.61. The standard InChI is InChI=1S/C23H26N4O3/c1-4-13-27-23(30)19-8-6-5-7-18(19)20(26-27)22(29)25-24-21(28)17-11-9-16(10-12-17)14-15(2)3/h5-12,15H,4,13-14H2,1-3H3,(H,24,28)(H,25,29). The smallest absolute Gasteiger partial charge is 0.267 e. The highest BCUT2D eigenvalue weighted by Gasteiger charge is 2.17. The molecule has 2 N–H and O–H groups in total. The molecule has 0 aliphatic rings. The number of carbonyl (C=O) groups excluding carboxylic acids is 2. The van der Waals surface area contributed by atoms with Gasteiger partial charge in [0.1, 0.15) is 0 Å². The van der Waals surface area contributed by atoms with Crippen molar-refractivity contribution in [3.05, 3.63) is 75.7 Å². The molecule has 0 radical (unpaired) electrons. The lowest BCUT2D eigenvalue weighted by molar-refractivity contribution is 0.0843. The molecule has 30 heavy (non-hydrogen) atoms. The normalized spacial score (nSPS) is 10.9. The molecule has 0 fully saturated rings. The topological polar surface area (TPSA) is 93.1 Å². The Balaban J connectivity index is 1.77. The zero-order valence-electron chi connectivity index (χ0n) is 17.4. The summed E-state index contributed by atoms with van der Waals surface area (Å²) in [7, 11) is 0. The molecule has 0 bridgehead atoms. The average molecular weight is 406 g/mol. The van der Waals surface area contributed by atoms with E-state index in [2.05, 4.69) is 29.8 Å². The second-order valence-electron chi connectivity index (χ2n) is 7.63. The lowest BCUT2D eigenvalue weighted by atomic mass is 10.0. The summed E-state index contributed by atoms with van der Waals surface area (Å²) in [6.07, 6.45) is 1.64. The van der Waals surface area contributed by atoms with Crippen LogP contribution in [0.2, 0.25) is 0 Å². The minimum atomic E-state index is -0.583. The van der Waals surface area contributed by atoms with E-state index in [4.69, 9.17) is 0 Å². The lowest BCUT2D eigenvalue weighted by Gasteiger charge is -2.12. The van der Waals surface area contributed by atoms with Crippen molar-refractivity contribution in [3.63, 3.8) is 0 Å². The summed E-state index contributed by atoms with van der Waals surface area (Å²) < 4.78 is 1.28. The fourth-order valence-electron chi connectivity index (χ4n) is 3.27. The third-order valence-corrected chi connectivity index (χ3v) is 4.67. The van der Waals surface area contributed by atoms with Crippen molar-refractivity contribution < 1.29 is 9.59 Å². The Morgan fingerprint density at radius 1 is 0.967 bits per heavy atom. The molecule has 0 unspecified atom stereocenters. The van der Waals surface area contributed by atoms with Gasteiger partial charge in [0, 0.05) is 17.5 Å². The molecular weight excluding hydrogens is 380 g/mol. The van der Waals surface area contributed by atoms with Crippen LogP contribution in [0.15, 0.2) is 53.3 Å². The number of aryl methyl sites for hydroxylation is 1. The number of hydrazine groups is 1. The van der Waals surface area contributed by atoms with Crippen molar-refractivity contribution in [1.29, 1.82) is 0 Å². The van der Waals surface area contributed by atoms with Gasteiger partial charge in [-0.05, 0) is 42.5 Å². The molecule has 2 amide bonds. The van der Waals surface area contributed by atoms with E-state index < -0.39 is 11.8 Å². The summed E-state index contributed by atoms with van der Waals surface area (Å²) in [6.45, 7) is 6.60. The molecule has 7 heteroatoms. The maximum absolute atomic E-state index is 12.7. The van der Waals surface area contributed by atoms with Crippen LogP contribution in [0.25, 0.3) is 10.8 Å². The molecular formula is C23H26N4O3. The predicted molar refractivity (Wildman–Crippen MR) is 116 cm³/mol. The van der Waals surface area contributed by atoms with Crippen molar-refractivity contribution in [3.8, 4) is 0 Å². The highest BCUT2D eigenvalue weighted by molar-refractivity contribution is 6.06. The fourth-order valence-corrected chi connectivity index (χ4v) is 3.27. The number of benzene rings is 2. The second kappa shape index (κ2) is 9.35. The van der Waals surface area contributed by atoms with Gasteiger partial charge in [-0.2, -0.15) is 5.10 Å². The summed E-state index contributed by atoms with van der Waals surface area (Å²) in [6, 6.07) is 14.1. The Hall–Kier alpha value is -3.48. The van der Waals surface area contributed by atoms with Crippen LogP contribution in [0.3, 0.4) is 0 Å². The quantitative estimate of drug-likeness (QED) is 0.615. The Bertz CT molecular complexity index is 1120. The Morgan fingerprint density at radius 3 is 2.23 bits per heavy atom. The number of nitrogens with one attached hydrogen (secondary N) is 2. The fraction of sp³-hybridized carbons (Fsp3) is 0.304. The minimum absolute atomic E-state index is 0.0891. The van der Waals surface area contributed by atoms with Gasteiger partial charge in [0.25, 0.3) is 17.4 Å². The lowest BCUT2D eigenvalue weighted by Crippen LogP contribution is -2.42. The first-order valence-electron chi connectivity index (χ1n) is 10.1. The molecule has 7 nitrogen and oxygen atoms in total. The highest BCUT2D eigenvalue weighted by atomic mass is 16.2. The molecule has 0 atom stereocenters. The number of amides is 2. The van der Waals surface area contributed by atoms with Crippen LogP contribution >= 0.6 is 0 Å². The number of carbonyl (C=O) groups is 2. The maximum atomic E-state index is 12.7. The van der Waals surface area contributed by atoms with Crippen LogP contribution in [-0.2, 0) is 13.0 Å². The number of hydrogen-bond donors (Lipinski definition) is 2. The van der Waals surface area contributed by atoms with E-state index in [1.807, 2.05) is 19.1 Å². The van der Waals surface area contributed by atoms with Gasteiger partial charge >= 0.3 is 0 Å². The van der Waals surface area contributed by atoms with Gasteiger partial charge in [0.2, 0.25) is 0 Å². The monoisotopic (exact) mass is 406 g/mol. The molecule has 0 saturated carbocycles. The molecule has 3 rings (SSSR count). The van der Waals surface area contributed by atoms with Crippen LogP contribution in [0.4, 0.5) is 0 Å². The Morgan fingerprint density at radius 2 is 1.60 bits per heavy atom. The Labute approximate surface area is 175 Å². The molecule has 0 spiro atoms. The van der Waals surface area contributed by atoms with Crippen LogP contribution in [-0.4, -0.2) is 21.6 Å². The van der Waals surface area contributed by atoms with Gasteiger partial charge in [-0.1, -0.05) is 51.1 Å². The van der Waals surface area contributed by atoms with Gasteiger partial charge in [-0.15, -0.1) is 0 Å². The molecule has 3 aromatic rings. The first-order valence-corrected chi connectivity index (χ1v) is 10.1. The third kappa shape index (κ3) is 4.74. The van der Waals surface area contributed by atoms with E-state index in [0.717, 1.165) is 12.0 Å². The molecule has 0 aliphatic carbocycles. The summed E-state index contributed by atoms with van der Waals surface area (Å²) >= 11 is 0. The minimum Gasteiger partial charge on any atom is -0.267 e. The van der Waals surface area contributed by atoms with Crippen molar-refractivity contribution in [1.82, 2.24) is 20.6 Å². The van der Waals surface area contributed by atoms with E-state index in [1.165, 1.54) is 4.68 Å². The van der Waals surface area contributed by atoms with Crippen LogP contribution in [0, 0.1) is 5.92 Å². The van der Waals surface area contributed by atoms with Gasteiger partial charge < -0.3 is 0 Å². The number of aromatic nitrogens is 2. The first-order chi connectivity index (χ1) is 14.4. The van der Waals surface area contributed by atoms with Gasteiger partial charge in [-0.3, -0.25) is 25.2 Å². The van der Waals surface area contributed by atoms with E-state index >= 15 is 0 Å². The average Bonchev–Trinajstić information content (AvgIpc) is 2.74. The van der Waals surface area contributed by atoms with Crippen molar-refractivity contribution in [2.75, 3.05) is 0 Å². The maximum Gasteiger partial charge on any atom is 0.290 e. The zero-order chi connectivity index (χ0) is 21.7. The van der Waals surface area contributed by atoms with Crippen molar-refractivity contribution in [2.45, 2.75) is 40.2 Å². The van der Waals surface area contributed by atoms with Gasteiger partial charge in [0.15, 0.2) is 5.69 Å². The summed E-state index contributed by atoms with van der Waals surface area (Å²) in [4.78, 5) is 37.7. The molecule has 0 saturated heterocycles. The molecule has 1 heterocycles. The number of nitrogens with zero attached hydrogens (tertiary/aromatic N) is 2. The van der Waals surface area contributed by atoms with E-state index in [1.54, 1.807) is 36.4 Å². The SMILES string of the molecule is CCCn1nc(C(=O)NNC(=O)c2ccc(CC(C)C)cc2)c2ccccc2c1=O. The molecule has 156 valence electrons. The van der Waals surface area contributed by atoms with Crippen molar-refractivity contribution >= 4 is 22.6 Å². The van der Waals surface area contributed by atoms with Crippen LogP contribution in [0.5, 0.6) is 0 Å². The van der Waals surface area contributed by atoms with Crippen molar-refractivity contribution in [2.24, 2.45) is 5.92 Å². The summed E-state index contributed by atoms with van der Waals surface area (Å²) in [5, 5.41) is 5.08. The molecule has 1 aromatic heterocycles. The zero-order valence-corrected chi connectivity index (χ0v) is 17.4. The largest absolute Gasteiger partial charge is 0.290 e. The van der Waals surface area contributed by atoms with E-state index in [-0.39, 0.29) is 11.3 Å². The third-order valence-electron chi connectivity index (χ3n) is 4.67. The molecule has 2 aromatic carbocycles. The van der Waals surface area contributed by atoms with Crippen LogP contribution < -0.4 is 16.4 Å².